The Morgan fingerprint density at radius 2 is 1.82 bits per heavy atom. The zero-order valence-corrected chi connectivity index (χ0v) is 7.44. The average molecular weight is 152 g/mol. The molecule has 0 heterocycles. The molecule has 2 N–H and O–H groups in total. The highest BCUT2D eigenvalue weighted by Crippen LogP contribution is 2.12. The van der Waals surface area contributed by atoms with Gasteiger partial charge < -0.3 is 5.48 Å². The van der Waals surface area contributed by atoms with Crippen molar-refractivity contribution in [3.05, 3.63) is 34.9 Å². The SMILES string of the molecule is CCc1cccc(C)c1C.O. The van der Waals surface area contributed by atoms with Crippen LogP contribution in [0.25, 0.3) is 0 Å². The molecule has 0 fully saturated rings. The van der Waals surface area contributed by atoms with Gasteiger partial charge in [-0.3, -0.25) is 0 Å². The lowest BCUT2D eigenvalue weighted by Gasteiger charge is -2.04. The van der Waals surface area contributed by atoms with E-state index < -0.39 is 0 Å². The van der Waals surface area contributed by atoms with Crippen LogP contribution in [0.1, 0.15) is 23.6 Å². The van der Waals surface area contributed by atoms with Crippen molar-refractivity contribution in [1.29, 1.82) is 0 Å². The summed E-state index contributed by atoms with van der Waals surface area (Å²) in [6.07, 6.45) is 1.15. The fourth-order valence-corrected chi connectivity index (χ4v) is 1.19. The first-order valence-electron chi connectivity index (χ1n) is 3.80. The smallest absolute Gasteiger partial charge is 0.0305 e. The topological polar surface area (TPSA) is 31.5 Å². The predicted molar refractivity (Wildman–Crippen MR) is 48.9 cm³/mol. The van der Waals surface area contributed by atoms with E-state index in [0.717, 1.165) is 6.42 Å². The predicted octanol–water partition coefficient (Wildman–Crippen LogP) is 2.04. The van der Waals surface area contributed by atoms with E-state index in [4.69, 9.17) is 0 Å². The van der Waals surface area contributed by atoms with Gasteiger partial charge in [-0.05, 0) is 37.0 Å². The molecule has 0 saturated heterocycles. The summed E-state index contributed by atoms with van der Waals surface area (Å²) in [7, 11) is 0. The lowest BCUT2D eigenvalue weighted by molar-refractivity contribution is 0.824. The number of benzene rings is 1. The third kappa shape index (κ3) is 2.05. The Labute approximate surface area is 68.4 Å². The Kier molecular flexibility index (Phi) is 3.83. The molecule has 0 amide bonds. The van der Waals surface area contributed by atoms with Gasteiger partial charge in [-0.25, -0.2) is 0 Å². The lowest BCUT2D eigenvalue weighted by atomic mass is 10.0. The standard InChI is InChI=1S/C10H14.H2O/c1-4-10-7-5-6-8(2)9(10)3;/h5-7H,4H2,1-3H3;1H2. The molecule has 1 rings (SSSR count). The van der Waals surface area contributed by atoms with E-state index in [9.17, 15) is 0 Å². The lowest BCUT2D eigenvalue weighted by Crippen LogP contribution is -1.88. The minimum absolute atomic E-state index is 0. The zero-order valence-electron chi connectivity index (χ0n) is 7.44. The third-order valence-electron chi connectivity index (χ3n) is 2.10. The zero-order chi connectivity index (χ0) is 7.56. The monoisotopic (exact) mass is 152 g/mol. The van der Waals surface area contributed by atoms with Gasteiger partial charge in [0.25, 0.3) is 0 Å². The maximum atomic E-state index is 2.20. The molecule has 1 aromatic carbocycles. The molecule has 11 heavy (non-hydrogen) atoms. The van der Waals surface area contributed by atoms with Crippen molar-refractivity contribution in [2.24, 2.45) is 0 Å². The molecule has 0 aliphatic carbocycles. The summed E-state index contributed by atoms with van der Waals surface area (Å²) in [4.78, 5) is 0. The van der Waals surface area contributed by atoms with Crippen LogP contribution in [0.15, 0.2) is 18.2 Å². The molecule has 62 valence electrons. The third-order valence-corrected chi connectivity index (χ3v) is 2.10. The number of rotatable bonds is 1. The first kappa shape index (κ1) is 10.2. The normalized spacial score (nSPS) is 9.00. The summed E-state index contributed by atoms with van der Waals surface area (Å²) >= 11 is 0. The van der Waals surface area contributed by atoms with Gasteiger partial charge in [0, 0.05) is 0 Å². The summed E-state index contributed by atoms with van der Waals surface area (Å²) in [5.74, 6) is 0. The molecule has 0 aromatic heterocycles. The highest BCUT2D eigenvalue weighted by Gasteiger charge is 1.95. The second-order valence-corrected chi connectivity index (χ2v) is 2.71. The van der Waals surface area contributed by atoms with Gasteiger partial charge in [0.1, 0.15) is 0 Å². The van der Waals surface area contributed by atoms with Crippen molar-refractivity contribution in [3.63, 3.8) is 0 Å². The molecule has 1 heteroatoms. The molecular formula is C10H16O. The van der Waals surface area contributed by atoms with Crippen molar-refractivity contribution in [2.75, 3.05) is 0 Å². The van der Waals surface area contributed by atoms with Crippen LogP contribution in [-0.2, 0) is 6.42 Å². The van der Waals surface area contributed by atoms with Crippen LogP contribution >= 0.6 is 0 Å². The Balaban J connectivity index is 0.000001000. The molecule has 1 nitrogen and oxygen atoms in total. The van der Waals surface area contributed by atoms with Gasteiger partial charge in [-0.2, -0.15) is 0 Å². The van der Waals surface area contributed by atoms with Gasteiger partial charge in [0.2, 0.25) is 0 Å². The maximum absolute atomic E-state index is 2.20. The molecule has 0 aliphatic rings. The Morgan fingerprint density at radius 3 is 2.27 bits per heavy atom. The van der Waals surface area contributed by atoms with Crippen LogP contribution < -0.4 is 0 Å². The Bertz CT molecular complexity index is 228. The average Bonchev–Trinajstić information content (AvgIpc) is 1.95. The summed E-state index contributed by atoms with van der Waals surface area (Å²) in [6.45, 7) is 6.55. The summed E-state index contributed by atoms with van der Waals surface area (Å²) in [6, 6.07) is 6.48. The van der Waals surface area contributed by atoms with E-state index in [1.807, 2.05) is 0 Å². The molecular weight excluding hydrogens is 136 g/mol. The Hall–Kier alpha value is -0.820. The molecule has 1 aromatic rings. The van der Waals surface area contributed by atoms with Crippen LogP contribution in [-0.4, -0.2) is 5.48 Å². The van der Waals surface area contributed by atoms with E-state index in [-0.39, 0.29) is 5.48 Å². The van der Waals surface area contributed by atoms with E-state index in [0.29, 0.717) is 0 Å². The number of aryl methyl sites for hydroxylation is 2. The van der Waals surface area contributed by atoms with Crippen LogP contribution in [0, 0.1) is 13.8 Å². The first-order chi connectivity index (χ1) is 4.75. The van der Waals surface area contributed by atoms with E-state index >= 15 is 0 Å². The first-order valence-corrected chi connectivity index (χ1v) is 3.80. The molecule has 0 bridgehead atoms. The molecule has 0 atom stereocenters. The van der Waals surface area contributed by atoms with Gasteiger partial charge in [-0.15, -0.1) is 0 Å². The van der Waals surface area contributed by atoms with Crippen molar-refractivity contribution in [2.45, 2.75) is 27.2 Å². The molecule has 0 unspecified atom stereocenters. The minimum Gasteiger partial charge on any atom is -0.412 e. The largest absolute Gasteiger partial charge is 0.412 e. The minimum atomic E-state index is 0. The van der Waals surface area contributed by atoms with Crippen LogP contribution in [0.5, 0.6) is 0 Å². The number of hydrogen-bond acceptors (Lipinski definition) is 0. The fraction of sp³-hybridized carbons (Fsp3) is 0.400. The Morgan fingerprint density at radius 1 is 1.18 bits per heavy atom. The quantitative estimate of drug-likeness (QED) is 0.590. The molecule has 0 radical (unpaired) electrons. The van der Waals surface area contributed by atoms with E-state index in [1.54, 1.807) is 0 Å². The summed E-state index contributed by atoms with van der Waals surface area (Å²) in [5.41, 5.74) is 4.32. The fourth-order valence-electron chi connectivity index (χ4n) is 1.19. The van der Waals surface area contributed by atoms with Crippen molar-refractivity contribution in [1.82, 2.24) is 0 Å². The van der Waals surface area contributed by atoms with Crippen molar-refractivity contribution in [3.8, 4) is 0 Å². The van der Waals surface area contributed by atoms with Crippen molar-refractivity contribution >= 4 is 0 Å². The highest BCUT2D eigenvalue weighted by molar-refractivity contribution is 5.32. The van der Waals surface area contributed by atoms with Gasteiger partial charge >= 0.3 is 0 Å². The second-order valence-electron chi connectivity index (χ2n) is 2.71. The molecule has 0 saturated carbocycles. The van der Waals surface area contributed by atoms with Gasteiger partial charge in [0.15, 0.2) is 0 Å². The van der Waals surface area contributed by atoms with Crippen LogP contribution in [0.3, 0.4) is 0 Å². The second kappa shape index (κ2) is 4.14. The number of hydrogen-bond donors (Lipinski definition) is 0. The van der Waals surface area contributed by atoms with E-state index in [2.05, 4.69) is 39.0 Å². The highest BCUT2D eigenvalue weighted by atomic mass is 16.0. The van der Waals surface area contributed by atoms with Gasteiger partial charge in [0.05, 0.1) is 0 Å². The summed E-state index contributed by atoms with van der Waals surface area (Å²) in [5, 5.41) is 0. The van der Waals surface area contributed by atoms with Crippen LogP contribution in [0.4, 0.5) is 0 Å². The molecule has 0 aliphatic heterocycles. The van der Waals surface area contributed by atoms with Crippen LogP contribution in [0.2, 0.25) is 0 Å². The summed E-state index contributed by atoms with van der Waals surface area (Å²) < 4.78 is 0. The van der Waals surface area contributed by atoms with Gasteiger partial charge in [-0.1, -0.05) is 25.1 Å². The van der Waals surface area contributed by atoms with Crippen molar-refractivity contribution < 1.29 is 5.48 Å². The maximum Gasteiger partial charge on any atom is -0.0305 e. The molecule has 0 spiro atoms. The van der Waals surface area contributed by atoms with E-state index in [1.165, 1.54) is 16.7 Å².